The van der Waals surface area contributed by atoms with Gasteiger partial charge in [-0.05, 0) is 20.8 Å². The molecule has 49 valence electrons. The molecular weight excluding hydrogens is 104 g/mol. The van der Waals surface area contributed by atoms with Crippen LogP contribution in [0.25, 0.3) is 0 Å². The van der Waals surface area contributed by atoms with Gasteiger partial charge in [0.1, 0.15) is 5.60 Å². The molecule has 0 aromatic rings. The van der Waals surface area contributed by atoms with Crippen LogP contribution in [0.15, 0.2) is 0 Å². The highest BCUT2D eigenvalue weighted by molar-refractivity contribution is 4.61. The van der Waals surface area contributed by atoms with Gasteiger partial charge < -0.3 is 4.74 Å². The summed E-state index contributed by atoms with van der Waals surface area (Å²) < 4.78 is 4.89. The van der Waals surface area contributed by atoms with Crippen LogP contribution in [0.5, 0.6) is 0 Å². The first-order chi connectivity index (χ1) is 3.56. The molecule has 8 heavy (non-hydrogen) atoms. The predicted molar refractivity (Wildman–Crippen MR) is 31.3 cm³/mol. The largest absolute Gasteiger partial charge is 0.379 e. The van der Waals surface area contributed by atoms with Crippen molar-refractivity contribution in [3.05, 3.63) is 0 Å². The standard InChI is InChI=1S/C6H13O2/c1-4-8-5-6(2,3)7/h4-5H2,1-3H3. The van der Waals surface area contributed by atoms with Crippen LogP contribution in [0, 0.1) is 0 Å². The fourth-order valence-electron chi connectivity index (χ4n) is 0.348. The Morgan fingerprint density at radius 2 is 2.00 bits per heavy atom. The first-order valence-electron chi connectivity index (χ1n) is 2.84. The van der Waals surface area contributed by atoms with E-state index < -0.39 is 5.60 Å². The Hall–Kier alpha value is -0.0800. The summed E-state index contributed by atoms with van der Waals surface area (Å²) in [6.07, 6.45) is 0. The molecule has 0 aliphatic rings. The minimum absolute atomic E-state index is 0.309. The van der Waals surface area contributed by atoms with E-state index in [4.69, 9.17) is 4.74 Å². The molecule has 0 saturated heterocycles. The van der Waals surface area contributed by atoms with Gasteiger partial charge in [0, 0.05) is 6.61 Å². The van der Waals surface area contributed by atoms with Gasteiger partial charge in [-0.25, -0.2) is 5.11 Å². The van der Waals surface area contributed by atoms with Gasteiger partial charge in [0.05, 0.1) is 6.61 Å². The normalized spacial score (nSPS) is 12.0. The molecule has 0 fully saturated rings. The zero-order chi connectivity index (χ0) is 6.62. The van der Waals surface area contributed by atoms with E-state index in [2.05, 4.69) is 0 Å². The quantitative estimate of drug-likeness (QED) is 0.546. The third-order valence-corrected chi connectivity index (χ3v) is 0.654. The van der Waals surface area contributed by atoms with E-state index in [0.29, 0.717) is 13.2 Å². The second-order valence-corrected chi connectivity index (χ2v) is 2.40. The molecule has 0 bridgehead atoms. The summed E-state index contributed by atoms with van der Waals surface area (Å²) in [5.41, 5.74) is -0.921. The Labute approximate surface area is 50.5 Å². The average molecular weight is 117 g/mol. The molecule has 1 radical (unpaired) electrons. The molecule has 0 saturated carbocycles. The lowest BCUT2D eigenvalue weighted by Gasteiger charge is -2.12. The molecule has 0 rings (SSSR count). The summed E-state index contributed by atoms with van der Waals surface area (Å²) >= 11 is 0. The lowest BCUT2D eigenvalue weighted by Crippen LogP contribution is -2.24. The van der Waals surface area contributed by atoms with E-state index in [9.17, 15) is 5.11 Å². The third-order valence-electron chi connectivity index (χ3n) is 0.654. The van der Waals surface area contributed by atoms with Crippen molar-refractivity contribution >= 4 is 0 Å². The van der Waals surface area contributed by atoms with Crippen LogP contribution in [0.3, 0.4) is 0 Å². The van der Waals surface area contributed by atoms with Gasteiger partial charge in [0.15, 0.2) is 0 Å². The van der Waals surface area contributed by atoms with Gasteiger partial charge >= 0.3 is 0 Å². The summed E-state index contributed by atoms with van der Waals surface area (Å²) in [6, 6.07) is 0. The second-order valence-electron chi connectivity index (χ2n) is 2.40. The Bertz CT molecular complexity index is 54.0. The van der Waals surface area contributed by atoms with Gasteiger partial charge in [0.25, 0.3) is 0 Å². The van der Waals surface area contributed by atoms with E-state index >= 15 is 0 Å². The van der Waals surface area contributed by atoms with Crippen LogP contribution in [-0.4, -0.2) is 18.8 Å². The maximum Gasteiger partial charge on any atom is 0.121 e. The summed E-state index contributed by atoms with van der Waals surface area (Å²) in [4.78, 5) is 0. The van der Waals surface area contributed by atoms with Crippen LogP contribution in [0.1, 0.15) is 20.8 Å². The topological polar surface area (TPSA) is 29.1 Å². The number of rotatable bonds is 3. The summed E-state index contributed by atoms with van der Waals surface area (Å²) in [7, 11) is 0. The van der Waals surface area contributed by atoms with Gasteiger partial charge in [0.2, 0.25) is 0 Å². The van der Waals surface area contributed by atoms with E-state index in [-0.39, 0.29) is 0 Å². The Kier molecular flexibility index (Phi) is 3.02. The first kappa shape index (κ1) is 7.92. The van der Waals surface area contributed by atoms with Crippen LogP contribution >= 0.6 is 0 Å². The SMILES string of the molecule is CCOCC(C)(C)[O]. The Morgan fingerprint density at radius 1 is 1.50 bits per heavy atom. The van der Waals surface area contributed by atoms with E-state index in [1.807, 2.05) is 6.92 Å². The zero-order valence-electron chi connectivity index (χ0n) is 5.73. The fraction of sp³-hybridized carbons (Fsp3) is 1.00. The number of hydrogen-bond acceptors (Lipinski definition) is 1. The van der Waals surface area contributed by atoms with Crippen molar-refractivity contribution in [1.82, 2.24) is 0 Å². The van der Waals surface area contributed by atoms with Gasteiger partial charge in [-0.15, -0.1) is 0 Å². The van der Waals surface area contributed by atoms with E-state index in [0.717, 1.165) is 0 Å². The van der Waals surface area contributed by atoms with Gasteiger partial charge in [-0.2, -0.15) is 0 Å². The maximum absolute atomic E-state index is 10.7. The molecule has 0 spiro atoms. The van der Waals surface area contributed by atoms with Crippen molar-refractivity contribution in [2.45, 2.75) is 26.4 Å². The highest BCUT2D eigenvalue weighted by Crippen LogP contribution is 2.00. The van der Waals surface area contributed by atoms with Crippen molar-refractivity contribution in [1.29, 1.82) is 0 Å². The third kappa shape index (κ3) is 5.92. The molecule has 0 aromatic carbocycles. The van der Waals surface area contributed by atoms with Crippen LogP contribution in [-0.2, 0) is 9.84 Å². The molecule has 0 atom stereocenters. The zero-order valence-corrected chi connectivity index (χ0v) is 5.73. The molecule has 0 heterocycles. The van der Waals surface area contributed by atoms with Crippen LogP contribution < -0.4 is 0 Å². The van der Waals surface area contributed by atoms with Crippen molar-refractivity contribution in [2.24, 2.45) is 0 Å². The van der Waals surface area contributed by atoms with E-state index in [1.165, 1.54) is 0 Å². The highest BCUT2D eigenvalue weighted by Gasteiger charge is 2.13. The van der Waals surface area contributed by atoms with Crippen molar-refractivity contribution < 1.29 is 9.84 Å². The lowest BCUT2D eigenvalue weighted by molar-refractivity contribution is -0.0634. The molecule has 0 amide bonds. The minimum atomic E-state index is -0.921. The molecule has 0 N–H and O–H groups in total. The van der Waals surface area contributed by atoms with Crippen LogP contribution in [0.4, 0.5) is 0 Å². The molecule has 2 nitrogen and oxygen atoms in total. The summed E-state index contributed by atoms with van der Waals surface area (Å²) in [6.45, 7) is 6.05. The molecule has 0 unspecified atom stereocenters. The van der Waals surface area contributed by atoms with Crippen molar-refractivity contribution in [2.75, 3.05) is 13.2 Å². The van der Waals surface area contributed by atoms with Crippen LogP contribution in [0.2, 0.25) is 0 Å². The first-order valence-corrected chi connectivity index (χ1v) is 2.84. The highest BCUT2D eigenvalue weighted by atomic mass is 16.5. The van der Waals surface area contributed by atoms with E-state index in [1.54, 1.807) is 13.8 Å². The second kappa shape index (κ2) is 3.05. The molecule has 2 heteroatoms. The number of ether oxygens (including phenoxy) is 1. The smallest absolute Gasteiger partial charge is 0.121 e. The molecule has 0 aliphatic heterocycles. The Morgan fingerprint density at radius 3 is 2.12 bits per heavy atom. The maximum atomic E-state index is 10.7. The summed E-state index contributed by atoms with van der Waals surface area (Å²) in [5, 5.41) is 10.7. The van der Waals surface area contributed by atoms with Gasteiger partial charge in [-0.1, -0.05) is 0 Å². The predicted octanol–water partition coefficient (Wildman–Crippen LogP) is 1.23. The molecular formula is C6H13O2. The minimum Gasteiger partial charge on any atom is -0.379 e. The van der Waals surface area contributed by atoms with Crippen molar-refractivity contribution in [3.63, 3.8) is 0 Å². The van der Waals surface area contributed by atoms with Gasteiger partial charge in [-0.3, -0.25) is 0 Å². The lowest BCUT2D eigenvalue weighted by atomic mass is 10.2. The fourth-order valence-corrected chi connectivity index (χ4v) is 0.348. The molecule has 0 aliphatic carbocycles. The Balaban J connectivity index is 3.11. The van der Waals surface area contributed by atoms with Crippen molar-refractivity contribution in [3.8, 4) is 0 Å². The molecule has 0 aromatic heterocycles. The number of hydrogen-bond donors (Lipinski definition) is 0. The monoisotopic (exact) mass is 117 g/mol. The average Bonchev–Trinajstić information content (AvgIpc) is 1.59. The summed E-state index contributed by atoms with van der Waals surface area (Å²) in [5.74, 6) is 0.